The molecular formula is C31H52N2O2Ti. The van der Waals surface area contributed by atoms with Crippen molar-refractivity contribution in [2.75, 3.05) is 26.2 Å². The second-order valence-electron chi connectivity index (χ2n) is 11.0. The van der Waals surface area contributed by atoms with Gasteiger partial charge >= 0.3 is 21.7 Å². The quantitative estimate of drug-likeness (QED) is 0.365. The third kappa shape index (κ3) is 12.8. The van der Waals surface area contributed by atoms with Crippen molar-refractivity contribution < 1.29 is 31.9 Å². The van der Waals surface area contributed by atoms with E-state index in [1.807, 2.05) is 39.8 Å². The molecule has 0 aliphatic heterocycles. The minimum atomic E-state index is -0.129. The number of phenols is 2. The summed E-state index contributed by atoms with van der Waals surface area (Å²) < 4.78 is 0. The fourth-order valence-electron chi connectivity index (χ4n) is 3.77. The van der Waals surface area contributed by atoms with Crippen molar-refractivity contribution in [2.45, 2.75) is 100 Å². The van der Waals surface area contributed by atoms with Gasteiger partial charge in [-0.15, -0.1) is 0 Å². The van der Waals surface area contributed by atoms with Crippen LogP contribution in [0.3, 0.4) is 0 Å². The zero-order valence-corrected chi connectivity index (χ0v) is 26.7. The number of nitrogens with zero attached hydrogens (tertiary/aromatic N) is 2. The summed E-state index contributed by atoms with van der Waals surface area (Å²) in [6.45, 7) is 28.8. The number of hydrogen-bond acceptors (Lipinski definition) is 2. The molecule has 2 aromatic rings. The van der Waals surface area contributed by atoms with Gasteiger partial charge in [0.2, 0.25) is 0 Å². The molecule has 2 aromatic carbocycles. The van der Waals surface area contributed by atoms with Crippen LogP contribution in [0, 0.1) is 13.8 Å². The van der Waals surface area contributed by atoms with Crippen LogP contribution in [0.2, 0.25) is 0 Å². The van der Waals surface area contributed by atoms with E-state index >= 15 is 0 Å². The maximum absolute atomic E-state index is 10.8. The number of aryl methyl sites for hydroxylation is 2. The Morgan fingerprint density at radius 1 is 0.583 bits per heavy atom. The second-order valence-corrected chi connectivity index (χ2v) is 11.0. The Kier molecular flexibility index (Phi) is 17.6. The van der Waals surface area contributed by atoms with Crippen LogP contribution in [0.1, 0.15) is 103 Å². The van der Waals surface area contributed by atoms with E-state index in [0.29, 0.717) is 17.9 Å². The van der Waals surface area contributed by atoms with Crippen LogP contribution in [-0.2, 0) is 39.0 Å². The summed E-state index contributed by atoms with van der Waals surface area (Å²) in [5, 5.41) is 29.6. The molecule has 0 atom stereocenters. The number of hydrogen-bond donors (Lipinski definition) is 2. The maximum atomic E-state index is 10.8. The molecule has 0 bridgehead atoms. The second kappa shape index (κ2) is 17.2. The Morgan fingerprint density at radius 2 is 0.861 bits per heavy atom. The summed E-state index contributed by atoms with van der Waals surface area (Å²) in [5.41, 5.74) is 5.63. The van der Waals surface area contributed by atoms with Crippen LogP contribution in [0.4, 0.5) is 0 Å². The van der Waals surface area contributed by atoms with Gasteiger partial charge in [0.15, 0.2) is 0 Å². The summed E-state index contributed by atoms with van der Waals surface area (Å²) in [5.74, 6) is 0.688. The molecule has 0 saturated heterocycles. The first-order valence-corrected chi connectivity index (χ1v) is 13.1. The van der Waals surface area contributed by atoms with E-state index in [1.54, 1.807) is 0 Å². The van der Waals surface area contributed by atoms with E-state index in [1.165, 1.54) is 0 Å². The van der Waals surface area contributed by atoms with E-state index in [9.17, 15) is 10.2 Å². The number of phenolic OH excluding ortho intramolecular Hbond substituents is 2. The van der Waals surface area contributed by atoms with E-state index in [0.717, 1.165) is 59.6 Å². The Bertz CT molecular complexity index is 819. The zero-order valence-electron chi connectivity index (χ0n) is 25.1. The topological polar surface area (TPSA) is 68.7 Å². The third-order valence-corrected chi connectivity index (χ3v) is 5.56. The third-order valence-electron chi connectivity index (χ3n) is 5.56. The number of aromatic hydroxyl groups is 2. The first kappa shape index (κ1) is 36.8. The van der Waals surface area contributed by atoms with Gasteiger partial charge in [-0.3, -0.25) is 0 Å². The molecule has 0 amide bonds. The molecule has 0 aliphatic rings. The molecule has 4 nitrogen and oxygen atoms in total. The average molecular weight is 533 g/mol. The van der Waals surface area contributed by atoms with Gasteiger partial charge in [0.1, 0.15) is 11.5 Å². The fourth-order valence-corrected chi connectivity index (χ4v) is 3.77. The summed E-state index contributed by atoms with van der Waals surface area (Å²) in [4.78, 5) is 0. The fraction of sp³-hybridized carbons (Fsp3) is 0.613. The van der Waals surface area contributed by atoms with Gasteiger partial charge in [-0.05, 0) is 46.9 Å². The number of benzene rings is 2. The van der Waals surface area contributed by atoms with E-state index in [4.69, 9.17) is 0 Å². The molecule has 2 N–H and O–H groups in total. The Morgan fingerprint density at radius 3 is 1.06 bits per heavy atom. The summed E-state index contributed by atoms with van der Waals surface area (Å²) >= 11 is 0. The molecule has 0 fully saturated rings. The molecule has 0 saturated carbocycles. The predicted octanol–water partition coefficient (Wildman–Crippen LogP) is 8.70. The summed E-state index contributed by atoms with van der Waals surface area (Å²) in [6, 6.07) is 8.14. The standard InChI is InChI=1S/C23H32O2.2C4H10N.Ti/c1-14-9-16(20(24)18(11-14)22(3,4)5)13-17-10-15(2)12-19(21(17)25)23(6,7)8;2*1-3-5-4-2;/h9-12,24-25H,13H2,1-8H3;2*3-4H2,1-2H3;/q;2*-1;+2. The molecule has 36 heavy (non-hydrogen) atoms. The van der Waals surface area contributed by atoms with Gasteiger partial charge in [0, 0.05) is 6.42 Å². The van der Waals surface area contributed by atoms with Gasteiger partial charge in [-0.2, -0.15) is 26.2 Å². The van der Waals surface area contributed by atoms with Gasteiger partial charge in [0.25, 0.3) is 0 Å². The van der Waals surface area contributed by atoms with E-state index in [-0.39, 0.29) is 32.5 Å². The largest absolute Gasteiger partial charge is 2.00 e. The van der Waals surface area contributed by atoms with E-state index in [2.05, 4.69) is 78.2 Å². The molecule has 0 unspecified atom stereocenters. The maximum Gasteiger partial charge on any atom is 2.00 e. The number of rotatable bonds is 6. The Labute approximate surface area is 237 Å². The van der Waals surface area contributed by atoms with Crippen LogP contribution in [0.25, 0.3) is 10.6 Å². The van der Waals surface area contributed by atoms with Crippen molar-refractivity contribution in [2.24, 2.45) is 0 Å². The van der Waals surface area contributed by atoms with Crippen LogP contribution in [0.15, 0.2) is 24.3 Å². The van der Waals surface area contributed by atoms with Crippen molar-refractivity contribution in [1.82, 2.24) is 0 Å². The average Bonchev–Trinajstić information content (AvgIpc) is 2.73. The SMILES string of the molecule is CC[N-]CC.CC[N-]CC.Cc1cc(Cc2cc(C)cc(C(C)(C)C)c2O)c(O)c(C(C)(C)C)c1.[Ti+2]. The van der Waals surface area contributed by atoms with Crippen LogP contribution >= 0.6 is 0 Å². The zero-order chi connectivity index (χ0) is 27.4. The molecule has 0 aromatic heterocycles. The van der Waals surface area contributed by atoms with Gasteiger partial charge in [0.05, 0.1) is 0 Å². The van der Waals surface area contributed by atoms with Crippen molar-refractivity contribution in [3.05, 3.63) is 68.3 Å². The monoisotopic (exact) mass is 532 g/mol. The molecule has 2 rings (SSSR count). The summed E-state index contributed by atoms with van der Waals surface area (Å²) in [7, 11) is 0. The molecule has 0 spiro atoms. The minimum Gasteiger partial charge on any atom is -0.663 e. The Hall–Kier alpha value is -1.33. The van der Waals surface area contributed by atoms with Crippen molar-refractivity contribution in [3.8, 4) is 11.5 Å². The molecule has 5 heteroatoms. The normalized spacial score (nSPS) is 11.0. The molecule has 0 radical (unpaired) electrons. The minimum absolute atomic E-state index is 0. The molecular weight excluding hydrogens is 480 g/mol. The molecule has 0 aliphatic carbocycles. The first-order chi connectivity index (χ1) is 16.1. The van der Waals surface area contributed by atoms with Crippen molar-refractivity contribution in [1.29, 1.82) is 0 Å². The van der Waals surface area contributed by atoms with Crippen LogP contribution in [-0.4, -0.2) is 36.4 Å². The summed E-state index contributed by atoms with van der Waals surface area (Å²) in [6.07, 6.45) is 0.521. The molecule has 0 heterocycles. The van der Waals surface area contributed by atoms with Gasteiger partial charge in [-0.1, -0.05) is 105 Å². The predicted molar refractivity (Wildman–Crippen MR) is 155 cm³/mol. The van der Waals surface area contributed by atoms with Crippen molar-refractivity contribution >= 4 is 0 Å². The first-order valence-electron chi connectivity index (χ1n) is 13.1. The van der Waals surface area contributed by atoms with E-state index < -0.39 is 0 Å². The van der Waals surface area contributed by atoms with Crippen LogP contribution < -0.4 is 0 Å². The van der Waals surface area contributed by atoms with Crippen LogP contribution in [0.5, 0.6) is 11.5 Å². The van der Waals surface area contributed by atoms with Gasteiger partial charge in [-0.25, -0.2) is 0 Å². The van der Waals surface area contributed by atoms with Gasteiger partial charge < -0.3 is 20.8 Å². The Balaban J connectivity index is 0. The molecule has 202 valence electrons. The van der Waals surface area contributed by atoms with Crippen molar-refractivity contribution in [3.63, 3.8) is 0 Å². The smallest absolute Gasteiger partial charge is 0.663 e.